The molecule has 0 heterocycles. The first-order chi connectivity index (χ1) is 14.4. The summed E-state index contributed by atoms with van der Waals surface area (Å²) in [5.74, 6) is 0.422. The standard InChI is InChI=1S/C28H27N.Na/c1-5-14-24(15-6-1)28(25-16-7-2-8-17-25)22-13-23-29(26-18-9-3-10-19-26)27-20-11-4-12-21-27;/h1-12,14-21,28H,13,22-23H2;. The largest absolute Gasteiger partial charge is 0.341 e. The maximum Gasteiger partial charge on any atom is 0.0410 e. The van der Waals surface area contributed by atoms with E-state index in [1.54, 1.807) is 0 Å². The molecule has 0 aromatic heterocycles. The normalized spacial score (nSPS) is 10.4. The van der Waals surface area contributed by atoms with Gasteiger partial charge in [-0.2, -0.15) is 0 Å². The maximum absolute atomic E-state index is 2.42. The molecular formula is C28H27NNa. The molecular weight excluding hydrogens is 373 g/mol. The van der Waals surface area contributed by atoms with Crippen molar-refractivity contribution in [3.05, 3.63) is 132 Å². The zero-order valence-corrected chi connectivity index (χ0v) is 19.7. The van der Waals surface area contributed by atoms with E-state index in [2.05, 4.69) is 126 Å². The van der Waals surface area contributed by atoms with Crippen LogP contribution in [0.25, 0.3) is 0 Å². The van der Waals surface area contributed by atoms with Crippen LogP contribution in [0.2, 0.25) is 0 Å². The summed E-state index contributed by atoms with van der Waals surface area (Å²) in [6.07, 6.45) is 2.22. The topological polar surface area (TPSA) is 3.24 Å². The molecule has 0 amide bonds. The van der Waals surface area contributed by atoms with E-state index in [0.29, 0.717) is 5.92 Å². The zero-order chi connectivity index (χ0) is 19.7. The molecule has 30 heavy (non-hydrogen) atoms. The van der Waals surface area contributed by atoms with Gasteiger partial charge in [0.2, 0.25) is 0 Å². The second kappa shape index (κ2) is 11.8. The Balaban J connectivity index is 0.00000256. The Bertz CT molecular complexity index is 810. The molecule has 0 atom stereocenters. The summed E-state index contributed by atoms with van der Waals surface area (Å²) in [6, 6.07) is 43.2. The first-order valence-corrected chi connectivity index (χ1v) is 10.4. The van der Waals surface area contributed by atoms with Crippen molar-refractivity contribution in [2.24, 2.45) is 0 Å². The summed E-state index contributed by atoms with van der Waals surface area (Å²) < 4.78 is 0. The van der Waals surface area contributed by atoms with Crippen LogP contribution in [0.5, 0.6) is 0 Å². The monoisotopic (exact) mass is 400 g/mol. The van der Waals surface area contributed by atoms with Crippen molar-refractivity contribution in [1.82, 2.24) is 0 Å². The molecule has 0 spiro atoms. The average molecular weight is 401 g/mol. The third-order valence-electron chi connectivity index (χ3n) is 5.41. The Labute approximate surface area is 202 Å². The number of para-hydroxylation sites is 2. The van der Waals surface area contributed by atoms with Crippen molar-refractivity contribution in [3.8, 4) is 0 Å². The van der Waals surface area contributed by atoms with Gasteiger partial charge in [-0.3, -0.25) is 0 Å². The van der Waals surface area contributed by atoms with E-state index in [-0.39, 0.29) is 29.6 Å². The molecule has 2 heteroatoms. The van der Waals surface area contributed by atoms with Crippen LogP contribution in [-0.2, 0) is 0 Å². The van der Waals surface area contributed by atoms with E-state index in [0.717, 1.165) is 19.4 Å². The van der Waals surface area contributed by atoms with Crippen molar-refractivity contribution < 1.29 is 0 Å². The van der Waals surface area contributed by atoms with Gasteiger partial charge in [-0.15, -0.1) is 0 Å². The van der Waals surface area contributed by atoms with Gasteiger partial charge >= 0.3 is 0 Å². The molecule has 0 fully saturated rings. The van der Waals surface area contributed by atoms with Gasteiger partial charge in [0, 0.05) is 53.4 Å². The molecule has 0 aliphatic heterocycles. The molecule has 4 rings (SSSR count). The third kappa shape index (κ3) is 5.86. The Hall–Kier alpha value is -2.32. The average Bonchev–Trinajstić information content (AvgIpc) is 2.81. The van der Waals surface area contributed by atoms with E-state index in [9.17, 15) is 0 Å². The first kappa shape index (κ1) is 22.4. The van der Waals surface area contributed by atoms with Crippen LogP contribution >= 0.6 is 0 Å². The number of nitrogens with zero attached hydrogens (tertiary/aromatic N) is 1. The van der Waals surface area contributed by atoms with Gasteiger partial charge < -0.3 is 4.90 Å². The Morgan fingerprint density at radius 2 is 0.867 bits per heavy atom. The fraction of sp³-hybridized carbons (Fsp3) is 0.143. The number of hydrogen-bond donors (Lipinski definition) is 0. The van der Waals surface area contributed by atoms with Crippen LogP contribution < -0.4 is 4.90 Å². The summed E-state index contributed by atoms with van der Waals surface area (Å²) in [4.78, 5) is 2.42. The fourth-order valence-corrected chi connectivity index (χ4v) is 3.97. The van der Waals surface area contributed by atoms with Crippen LogP contribution in [0.1, 0.15) is 29.9 Å². The molecule has 0 saturated heterocycles. The van der Waals surface area contributed by atoms with Gasteiger partial charge in [0.25, 0.3) is 0 Å². The quantitative estimate of drug-likeness (QED) is 0.286. The second-order valence-corrected chi connectivity index (χ2v) is 7.34. The fourth-order valence-electron chi connectivity index (χ4n) is 3.97. The van der Waals surface area contributed by atoms with Crippen LogP contribution in [0.4, 0.5) is 11.4 Å². The molecule has 4 aromatic rings. The van der Waals surface area contributed by atoms with Gasteiger partial charge in [0.15, 0.2) is 0 Å². The van der Waals surface area contributed by atoms with E-state index in [1.165, 1.54) is 22.5 Å². The van der Waals surface area contributed by atoms with Crippen LogP contribution in [-0.4, -0.2) is 36.1 Å². The summed E-state index contributed by atoms with van der Waals surface area (Å²) in [6.45, 7) is 0.990. The van der Waals surface area contributed by atoms with Crippen molar-refractivity contribution in [2.45, 2.75) is 18.8 Å². The molecule has 0 N–H and O–H groups in total. The van der Waals surface area contributed by atoms with Crippen molar-refractivity contribution >= 4 is 40.9 Å². The molecule has 0 bridgehead atoms. The van der Waals surface area contributed by atoms with E-state index in [1.807, 2.05) is 0 Å². The summed E-state index contributed by atoms with van der Waals surface area (Å²) in [5, 5.41) is 0. The molecule has 1 nitrogen and oxygen atoms in total. The number of hydrogen-bond acceptors (Lipinski definition) is 1. The van der Waals surface area contributed by atoms with Gasteiger partial charge in [0.1, 0.15) is 0 Å². The molecule has 0 aliphatic carbocycles. The SMILES string of the molecule is [Na].c1ccc(C(CCCN(c2ccccc2)c2ccccc2)c2ccccc2)cc1. The van der Waals surface area contributed by atoms with Crippen LogP contribution in [0.3, 0.4) is 0 Å². The Morgan fingerprint density at radius 3 is 1.27 bits per heavy atom. The van der Waals surface area contributed by atoms with E-state index >= 15 is 0 Å². The molecule has 4 aromatic carbocycles. The minimum Gasteiger partial charge on any atom is -0.341 e. The maximum atomic E-state index is 2.42. The van der Waals surface area contributed by atoms with Crippen molar-refractivity contribution in [3.63, 3.8) is 0 Å². The second-order valence-electron chi connectivity index (χ2n) is 7.34. The summed E-state index contributed by atoms with van der Waals surface area (Å²) >= 11 is 0. The molecule has 0 saturated carbocycles. The summed E-state index contributed by atoms with van der Waals surface area (Å²) in [7, 11) is 0. The van der Waals surface area contributed by atoms with E-state index < -0.39 is 0 Å². The number of benzene rings is 4. The molecule has 145 valence electrons. The molecule has 0 unspecified atom stereocenters. The number of anilines is 2. The van der Waals surface area contributed by atoms with Gasteiger partial charge in [0.05, 0.1) is 0 Å². The van der Waals surface area contributed by atoms with Crippen molar-refractivity contribution in [1.29, 1.82) is 0 Å². The van der Waals surface area contributed by atoms with Gasteiger partial charge in [-0.1, -0.05) is 97.1 Å². The molecule has 1 radical (unpaired) electrons. The summed E-state index contributed by atoms with van der Waals surface area (Å²) in [5.41, 5.74) is 5.28. The molecule has 0 aliphatic rings. The van der Waals surface area contributed by atoms with Crippen LogP contribution in [0.15, 0.2) is 121 Å². The predicted molar refractivity (Wildman–Crippen MR) is 130 cm³/mol. The van der Waals surface area contributed by atoms with Crippen molar-refractivity contribution in [2.75, 3.05) is 11.4 Å². The van der Waals surface area contributed by atoms with Gasteiger partial charge in [-0.25, -0.2) is 0 Å². The van der Waals surface area contributed by atoms with Crippen LogP contribution in [0, 0.1) is 0 Å². The number of rotatable bonds is 8. The third-order valence-corrected chi connectivity index (χ3v) is 5.41. The minimum absolute atomic E-state index is 0. The predicted octanol–water partition coefficient (Wildman–Crippen LogP) is 7.06. The Morgan fingerprint density at radius 1 is 0.500 bits per heavy atom. The smallest absolute Gasteiger partial charge is 0.0410 e. The minimum atomic E-state index is 0. The van der Waals surface area contributed by atoms with Gasteiger partial charge in [-0.05, 0) is 48.2 Å². The Kier molecular flexibility index (Phi) is 8.77. The zero-order valence-electron chi connectivity index (χ0n) is 17.7. The van der Waals surface area contributed by atoms with E-state index in [4.69, 9.17) is 0 Å². The first-order valence-electron chi connectivity index (χ1n) is 10.4.